The summed E-state index contributed by atoms with van der Waals surface area (Å²) in [6, 6.07) is 0. The fourth-order valence-electron chi connectivity index (χ4n) is 5.89. The highest BCUT2D eigenvalue weighted by molar-refractivity contribution is 7.47. The van der Waals surface area contributed by atoms with E-state index in [-0.39, 0.29) is 25.6 Å². The summed E-state index contributed by atoms with van der Waals surface area (Å²) in [4.78, 5) is 35.3. The van der Waals surface area contributed by atoms with Gasteiger partial charge >= 0.3 is 19.8 Å². The molecule has 0 aromatic rings. The van der Waals surface area contributed by atoms with E-state index in [4.69, 9.17) is 18.5 Å². The molecule has 10 heteroatoms. The molecule has 0 rings (SSSR count). The van der Waals surface area contributed by atoms with Crippen molar-refractivity contribution >= 4 is 19.8 Å². The molecule has 0 saturated carbocycles. The Morgan fingerprint density at radius 3 is 1.44 bits per heavy atom. The van der Waals surface area contributed by atoms with Crippen LogP contribution in [0.15, 0.2) is 12.2 Å². The first kappa shape index (κ1) is 50.8. The molecule has 0 heterocycles. The molecule has 0 aromatic heterocycles. The maximum atomic E-state index is 12.6. The molecule has 0 amide bonds. The van der Waals surface area contributed by atoms with Gasteiger partial charge in [-0.05, 0) is 38.5 Å². The molecule has 0 saturated heterocycles. The van der Waals surface area contributed by atoms with Crippen molar-refractivity contribution in [2.45, 2.75) is 200 Å². The van der Waals surface area contributed by atoms with Gasteiger partial charge in [0.25, 0.3) is 0 Å². The number of quaternary nitrogens is 1. The molecule has 52 heavy (non-hydrogen) atoms. The van der Waals surface area contributed by atoms with Crippen molar-refractivity contribution in [3.8, 4) is 0 Å². The SMILES string of the molecule is CCCCCC/C=C\CCCCCCCC(=O)O[C@H](COC(=O)CCCCCCCCCCCCCCCCC)COP(=O)(O)OCC[N+](C)(C)C. The first-order valence-corrected chi connectivity index (χ1v) is 22.9. The lowest BCUT2D eigenvalue weighted by Crippen LogP contribution is -2.37. The number of allylic oxidation sites excluding steroid dienone is 2. The summed E-state index contributed by atoms with van der Waals surface area (Å²) in [5.74, 6) is -0.801. The van der Waals surface area contributed by atoms with Gasteiger partial charge in [-0.1, -0.05) is 154 Å². The third kappa shape index (κ3) is 38.5. The highest BCUT2D eigenvalue weighted by Gasteiger charge is 2.27. The largest absolute Gasteiger partial charge is 0.472 e. The minimum Gasteiger partial charge on any atom is -0.462 e. The number of esters is 2. The monoisotopic (exact) mass is 761 g/mol. The van der Waals surface area contributed by atoms with E-state index in [1.165, 1.54) is 109 Å². The lowest BCUT2D eigenvalue weighted by molar-refractivity contribution is -0.870. The molecule has 0 radical (unpaired) electrons. The zero-order chi connectivity index (χ0) is 38.6. The van der Waals surface area contributed by atoms with Crippen LogP contribution in [-0.2, 0) is 32.7 Å². The maximum absolute atomic E-state index is 12.6. The minimum atomic E-state index is -4.37. The highest BCUT2D eigenvalue weighted by atomic mass is 31.2. The van der Waals surface area contributed by atoms with Gasteiger partial charge in [-0.2, -0.15) is 0 Å². The van der Waals surface area contributed by atoms with Crippen molar-refractivity contribution in [1.29, 1.82) is 0 Å². The van der Waals surface area contributed by atoms with Gasteiger partial charge in [0, 0.05) is 12.8 Å². The van der Waals surface area contributed by atoms with Crippen molar-refractivity contribution in [2.75, 3.05) is 47.5 Å². The van der Waals surface area contributed by atoms with Crippen molar-refractivity contribution in [3.05, 3.63) is 12.2 Å². The third-order valence-corrected chi connectivity index (χ3v) is 10.3. The second kappa shape index (κ2) is 35.5. The molecule has 1 unspecified atom stereocenters. The van der Waals surface area contributed by atoms with Crippen LogP contribution in [0.3, 0.4) is 0 Å². The van der Waals surface area contributed by atoms with Crippen LogP contribution >= 0.6 is 7.82 Å². The molecular weight excluding hydrogens is 677 g/mol. The summed E-state index contributed by atoms with van der Waals surface area (Å²) in [5, 5.41) is 0. The van der Waals surface area contributed by atoms with Crippen LogP contribution in [0.5, 0.6) is 0 Å². The molecule has 9 nitrogen and oxygen atoms in total. The third-order valence-electron chi connectivity index (χ3n) is 9.30. The van der Waals surface area contributed by atoms with Gasteiger partial charge in [0.1, 0.15) is 19.8 Å². The Kier molecular flexibility index (Phi) is 34.6. The average molecular weight is 761 g/mol. The number of nitrogens with zero attached hydrogens (tertiary/aromatic N) is 1. The summed E-state index contributed by atoms with van der Waals surface area (Å²) in [5.41, 5.74) is 0. The molecule has 0 aliphatic heterocycles. The van der Waals surface area contributed by atoms with Crippen LogP contribution in [0.25, 0.3) is 0 Å². The summed E-state index contributed by atoms with van der Waals surface area (Å²) in [6.07, 6.45) is 35.4. The van der Waals surface area contributed by atoms with Gasteiger partial charge in [0.05, 0.1) is 27.7 Å². The molecule has 2 atom stereocenters. The van der Waals surface area contributed by atoms with Crippen molar-refractivity contribution in [2.24, 2.45) is 0 Å². The van der Waals surface area contributed by atoms with Crippen LogP contribution in [0, 0.1) is 0 Å². The standard InChI is InChI=1S/C42H82NO8P/c1-6-8-10-12-14-16-18-20-21-23-24-26-28-30-32-34-41(44)48-38-40(39-50-52(46,47)49-37-36-43(3,4)5)51-42(45)35-33-31-29-27-25-22-19-17-15-13-11-9-7-2/h17,19,40H,6-16,18,20-39H2,1-5H3/p+1/b19-17-/t40-/m1/s1. The number of carbonyl (C=O) groups excluding carboxylic acids is 2. The minimum absolute atomic E-state index is 0.0330. The first-order valence-electron chi connectivity index (χ1n) is 21.4. The molecule has 1 N–H and O–H groups in total. The molecule has 308 valence electrons. The van der Waals surface area contributed by atoms with Crippen LogP contribution in [0.1, 0.15) is 194 Å². The predicted octanol–water partition coefficient (Wildman–Crippen LogP) is 11.8. The van der Waals surface area contributed by atoms with Crippen LogP contribution in [-0.4, -0.2) is 74.9 Å². The number of ether oxygens (including phenoxy) is 2. The van der Waals surface area contributed by atoms with Crippen molar-refractivity contribution < 1.29 is 42.1 Å². The van der Waals surface area contributed by atoms with Gasteiger partial charge in [-0.15, -0.1) is 0 Å². The lowest BCUT2D eigenvalue weighted by Gasteiger charge is -2.24. The summed E-state index contributed by atoms with van der Waals surface area (Å²) >= 11 is 0. The Morgan fingerprint density at radius 1 is 0.577 bits per heavy atom. The molecule has 0 aromatic carbocycles. The first-order chi connectivity index (χ1) is 25.0. The number of hydrogen-bond acceptors (Lipinski definition) is 7. The Morgan fingerprint density at radius 2 is 0.981 bits per heavy atom. The number of carbonyl (C=O) groups is 2. The Labute approximate surface area is 320 Å². The van der Waals surface area contributed by atoms with Gasteiger partial charge < -0.3 is 18.9 Å². The van der Waals surface area contributed by atoms with Crippen LogP contribution in [0.2, 0.25) is 0 Å². The van der Waals surface area contributed by atoms with Gasteiger partial charge in [0.15, 0.2) is 6.10 Å². The van der Waals surface area contributed by atoms with Crippen molar-refractivity contribution in [1.82, 2.24) is 0 Å². The highest BCUT2D eigenvalue weighted by Crippen LogP contribution is 2.43. The second-order valence-electron chi connectivity index (χ2n) is 15.7. The topological polar surface area (TPSA) is 108 Å². The zero-order valence-electron chi connectivity index (χ0n) is 34.6. The zero-order valence-corrected chi connectivity index (χ0v) is 35.5. The molecule has 0 spiro atoms. The van der Waals surface area contributed by atoms with E-state index in [1.807, 2.05) is 21.1 Å². The van der Waals surface area contributed by atoms with E-state index in [1.54, 1.807) is 0 Å². The summed E-state index contributed by atoms with van der Waals surface area (Å²) in [7, 11) is 1.48. The number of hydrogen-bond donors (Lipinski definition) is 1. The number of phosphoric acid groups is 1. The van der Waals surface area contributed by atoms with E-state index in [2.05, 4.69) is 26.0 Å². The average Bonchev–Trinajstić information content (AvgIpc) is 3.09. The fourth-order valence-corrected chi connectivity index (χ4v) is 6.63. The van der Waals surface area contributed by atoms with E-state index < -0.39 is 26.5 Å². The lowest BCUT2D eigenvalue weighted by atomic mass is 10.0. The van der Waals surface area contributed by atoms with Crippen LogP contribution < -0.4 is 0 Å². The van der Waals surface area contributed by atoms with E-state index in [0.29, 0.717) is 23.9 Å². The van der Waals surface area contributed by atoms with E-state index in [0.717, 1.165) is 51.4 Å². The predicted molar refractivity (Wildman–Crippen MR) is 215 cm³/mol. The number of likely N-dealkylation sites (N-methyl/N-ethyl adjacent to an activating group) is 1. The maximum Gasteiger partial charge on any atom is 0.472 e. The molecule has 0 fully saturated rings. The number of unbranched alkanes of at least 4 members (excludes halogenated alkanes) is 23. The van der Waals surface area contributed by atoms with Crippen LogP contribution in [0.4, 0.5) is 0 Å². The molecule has 0 bridgehead atoms. The molecular formula is C42H83NO8P+. The Bertz CT molecular complexity index is 907. The Hall–Kier alpha value is -1.25. The van der Waals surface area contributed by atoms with E-state index in [9.17, 15) is 19.0 Å². The molecule has 0 aliphatic carbocycles. The second-order valence-corrected chi connectivity index (χ2v) is 17.2. The summed E-state index contributed by atoms with van der Waals surface area (Å²) < 4.78 is 34.2. The van der Waals surface area contributed by atoms with Gasteiger partial charge in [-0.3, -0.25) is 18.6 Å². The smallest absolute Gasteiger partial charge is 0.462 e. The van der Waals surface area contributed by atoms with Crippen molar-refractivity contribution in [3.63, 3.8) is 0 Å². The van der Waals surface area contributed by atoms with Gasteiger partial charge in [-0.25, -0.2) is 4.57 Å². The number of phosphoric ester groups is 1. The normalized spacial score (nSPS) is 13.7. The summed E-state index contributed by atoms with van der Waals surface area (Å²) in [6.45, 7) is 4.41. The van der Waals surface area contributed by atoms with E-state index >= 15 is 0 Å². The Balaban J connectivity index is 4.36. The number of rotatable bonds is 39. The fraction of sp³-hybridized carbons (Fsp3) is 0.905. The molecule has 0 aliphatic rings. The van der Waals surface area contributed by atoms with Gasteiger partial charge in [0.2, 0.25) is 0 Å². The quantitative estimate of drug-likeness (QED) is 0.0217.